The number of carboxylic acid groups (broad SMARTS) is 1. The fourth-order valence-corrected chi connectivity index (χ4v) is 1.60. The lowest BCUT2D eigenvalue weighted by molar-refractivity contribution is -0.385. The summed E-state index contributed by atoms with van der Waals surface area (Å²) in [6.07, 6.45) is 0.166. The number of alkyl carbamates (subject to hydrolysis) is 1. The van der Waals surface area contributed by atoms with Gasteiger partial charge in [-0.05, 0) is 11.6 Å². The van der Waals surface area contributed by atoms with Gasteiger partial charge in [0.1, 0.15) is 12.6 Å². The number of carboxylic acids is 1. The molecule has 0 aliphatic heterocycles. The van der Waals surface area contributed by atoms with Crippen molar-refractivity contribution in [2.45, 2.75) is 12.5 Å². The second-order valence-corrected chi connectivity index (χ2v) is 4.21. The molecule has 0 radical (unpaired) electrons. The molecule has 3 N–H and O–H groups in total. The summed E-state index contributed by atoms with van der Waals surface area (Å²) in [4.78, 5) is 32.4. The molecule has 0 aromatic heterocycles. The minimum absolute atomic E-state index is 0.0805. The lowest BCUT2D eigenvalue weighted by atomic mass is 10.1. The number of ether oxygens (including phenoxy) is 1. The third-order valence-corrected chi connectivity index (χ3v) is 2.60. The summed E-state index contributed by atoms with van der Waals surface area (Å²) in [7, 11) is 0. The number of aromatic hydroxyl groups is 1. The molecule has 0 unspecified atom stereocenters. The molecule has 1 aromatic rings. The van der Waals surface area contributed by atoms with E-state index in [-0.39, 0.29) is 18.6 Å². The van der Waals surface area contributed by atoms with Gasteiger partial charge in [-0.2, -0.15) is 0 Å². The van der Waals surface area contributed by atoms with Crippen LogP contribution in [0.4, 0.5) is 10.5 Å². The van der Waals surface area contributed by atoms with E-state index in [2.05, 4.69) is 16.6 Å². The highest BCUT2D eigenvalue weighted by Crippen LogP contribution is 2.26. The molecule has 0 aliphatic rings. The Morgan fingerprint density at radius 1 is 1.50 bits per heavy atom. The van der Waals surface area contributed by atoms with Gasteiger partial charge < -0.3 is 20.3 Å². The van der Waals surface area contributed by atoms with Crippen LogP contribution >= 0.6 is 0 Å². The van der Waals surface area contributed by atoms with Crippen molar-refractivity contribution in [1.29, 1.82) is 0 Å². The van der Waals surface area contributed by atoms with Crippen LogP contribution in [0.25, 0.3) is 0 Å². The third-order valence-electron chi connectivity index (χ3n) is 2.60. The lowest BCUT2D eigenvalue weighted by Crippen LogP contribution is -2.42. The van der Waals surface area contributed by atoms with E-state index in [1.54, 1.807) is 0 Å². The van der Waals surface area contributed by atoms with E-state index in [9.17, 15) is 24.8 Å². The number of aliphatic carboxylic acids is 1. The van der Waals surface area contributed by atoms with Gasteiger partial charge in [-0.25, -0.2) is 9.59 Å². The van der Waals surface area contributed by atoms with Crippen molar-refractivity contribution in [3.8, 4) is 5.75 Å². The van der Waals surface area contributed by atoms with Crippen molar-refractivity contribution >= 4 is 17.7 Å². The first kappa shape index (κ1) is 17.0. The topological polar surface area (TPSA) is 139 Å². The molecule has 0 aliphatic carbocycles. The highest BCUT2D eigenvalue weighted by molar-refractivity contribution is 5.80. The molecular formula is C13H14N2O7. The van der Waals surface area contributed by atoms with Gasteiger partial charge in [0, 0.05) is 12.5 Å². The lowest BCUT2D eigenvalue weighted by Gasteiger charge is -2.14. The van der Waals surface area contributed by atoms with E-state index in [0.29, 0.717) is 0 Å². The number of nitrogens with zero attached hydrogens (tertiary/aromatic N) is 1. The Morgan fingerprint density at radius 2 is 2.18 bits per heavy atom. The molecule has 0 fully saturated rings. The molecule has 1 atom stereocenters. The first-order valence-corrected chi connectivity index (χ1v) is 6.08. The first-order valence-electron chi connectivity index (χ1n) is 6.08. The Morgan fingerprint density at radius 3 is 2.73 bits per heavy atom. The summed E-state index contributed by atoms with van der Waals surface area (Å²) >= 11 is 0. The molecule has 0 spiro atoms. The summed E-state index contributed by atoms with van der Waals surface area (Å²) in [6.45, 7) is 3.26. The number of hydrogen-bond acceptors (Lipinski definition) is 6. The first-order chi connectivity index (χ1) is 10.3. The minimum atomic E-state index is -1.33. The summed E-state index contributed by atoms with van der Waals surface area (Å²) < 4.78 is 4.61. The Balaban J connectivity index is 2.85. The van der Waals surface area contributed by atoms with Crippen LogP contribution in [0.2, 0.25) is 0 Å². The van der Waals surface area contributed by atoms with Crippen LogP contribution in [0.5, 0.6) is 5.75 Å². The average Bonchev–Trinajstić information content (AvgIpc) is 2.45. The number of amides is 1. The van der Waals surface area contributed by atoms with Crippen molar-refractivity contribution in [1.82, 2.24) is 5.32 Å². The maximum Gasteiger partial charge on any atom is 0.408 e. The molecule has 9 heteroatoms. The number of benzene rings is 1. The summed E-state index contributed by atoms with van der Waals surface area (Å²) in [6, 6.07) is 2.13. The third kappa shape index (κ3) is 4.78. The van der Waals surface area contributed by atoms with Gasteiger partial charge in [0.2, 0.25) is 0 Å². The molecule has 1 rings (SSSR count). The molecule has 22 heavy (non-hydrogen) atoms. The van der Waals surface area contributed by atoms with E-state index >= 15 is 0 Å². The monoisotopic (exact) mass is 310 g/mol. The van der Waals surface area contributed by atoms with Crippen LogP contribution in [0, 0.1) is 10.1 Å². The van der Waals surface area contributed by atoms with Gasteiger partial charge in [-0.3, -0.25) is 10.1 Å². The van der Waals surface area contributed by atoms with Crippen LogP contribution in [-0.4, -0.2) is 39.8 Å². The van der Waals surface area contributed by atoms with Gasteiger partial charge in [0.05, 0.1) is 4.92 Å². The predicted octanol–water partition coefficient (Wildman–Crippen LogP) is 1.21. The van der Waals surface area contributed by atoms with E-state index < -0.39 is 34.5 Å². The van der Waals surface area contributed by atoms with Crippen molar-refractivity contribution in [2.24, 2.45) is 0 Å². The molecule has 1 amide bonds. The number of nitro benzene ring substituents is 1. The average molecular weight is 310 g/mol. The fraction of sp³-hybridized carbons (Fsp3) is 0.231. The second-order valence-electron chi connectivity index (χ2n) is 4.21. The number of phenols is 1. The number of rotatable bonds is 7. The number of hydrogen-bond donors (Lipinski definition) is 3. The van der Waals surface area contributed by atoms with Gasteiger partial charge in [-0.15, -0.1) is 0 Å². The summed E-state index contributed by atoms with van der Waals surface area (Å²) in [5.41, 5.74) is -0.281. The zero-order chi connectivity index (χ0) is 16.7. The van der Waals surface area contributed by atoms with Gasteiger partial charge in [-0.1, -0.05) is 18.7 Å². The van der Waals surface area contributed by atoms with Crippen molar-refractivity contribution < 1.29 is 29.5 Å². The van der Waals surface area contributed by atoms with Crippen LogP contribution in [0.3, 0.4) is 0 Å². The van der Waals surface area contributed by atoms with E-state index in [1.807, 2.05) is 0 Å². The van der Waals surface area contributed by atoms with Crippen molar-refractivity contribution in [2.75, 3.05) is 6.61 Å². The van der Waals surface area contributed by atoms with Crippen LogP contribution < -0.4 is 5.32 Å². The van der Waals surface area contributed by atoms with Gasteiger partial charge >= 0.3 is 17.7 Å². The maximum atomic E-state index is 11.3. The van der Waals surface area contributed by atoms with Crippen molar-refractivity contribution in [3.63, 3.8) is 0 Å². The molecule has 0 saturated carbocycles. The molecule has 0 saturated heterocycles. The van der Waals surface area contributed by atoms with Crippen LogP contribution in [0.15, 0.2) is 30.9 Å². The molecule has 9 nitrogen and oxygen atoms in total. The Hall–Kier alpha value is -3.10. The normalized spacial score (nSPS) is 11.3. The SMILES string of the molecule is C=CCOC(=O)N[C@@H](Cc1ccc(O)c([N+](=O)[O-])c1)C(=O)O. The highest BCUT2D eigenvalue weighted by atomic mass is 16.6. The Kier molecular flexibility index (Phi) is 5.87. The second kappa shape index (κ2) is 7.62. The largest absolute Gasteiger partial charge is 0.502 e. The molecule has 118 valence electrons. The number of nitrogens with one attached hydrogen (secondary N) is 1. The van der Waals surface area contributed by atoms with E-state index in [0.717, 1.165) is 12.1 Å². The van der Waals surface area contributed by atoms with E-state index in [4.69, 9.17) is 5.11 Å². The molecule has 0 heterocycles. The number of carbonyl (C=O) groups excluding carboxylic acids is 1. The Labute approximate surface area is 125 Å². The smallest absolute Gasteiger partial charge is 0.408 e. The summed E-state index contributed by atoms with van der Waals surface area (Å²) in [5.74, 6) is -1.86. The van der Waals surface area contributed by atoms with Gasteiger partial charge in [0.25, 0.3) is 0 Å². The molecule has 1 aromatic carbocycles. The standard InChI is InChI=1S/C13H14N2O7/c1-2-5-22-13(19)14-9(12(17)18)6-8-3-4-11(16)10(7-8)15(20)21/h2-4,7,9,16H,1,5-6H2,(H,14,19)(H,17,18)/t9-/m0/s1. The fourth-order valence-electron chi connectivity index (χ4n) is 1.60. The summed E-state index contributed by atoms with van der Waals surface area (Å²) in [5, 5.41) is 31.2. The zero-order valence-electron chi connectivity index (χ0n) is 11.4. The van der Waals surface area contributed by atoms with E-state index in [1.165, 1.54) is 12.1 Å². The number of phenolic OH excluding ortho intramolecular Hbond substituents is 1. The maximum absolute atomic E-state index is 11.3. The quantitative estimate of drug-likeness (QED) is 0.390. The van der Waals surface area contributed by atoms with Crippen molar-refractivity contribution in [3.05, 3.63) is 46.5 Å². The number of carbonyl (C=O) groups is 2. The zero-order valence-corrected chi connectivity index (χ0v) is 11.4. The minimum Gasteiger partial charge on any atom is -0.502 e. The number of nitro groups is 1. The Bertz CT molecular complexity index is 600. The molecule has 0 bridgehead atoms. The van der Waals surface area contributed by atoms with Crippen LogP contribution in [-0.2, 0) is 16.0 Å². The van der Waals surface area contributed by atoms with Crippen LogP contribution in [0.1, 0.15) is 5.56 Å². The molecular weight excluding hydrogens is 296 g/mol. The highest BCUT2D eigenvalue weighted by Gasteiger charge is 2.23. The predicted molar refractivity (Wildman–Crippen MR) is 74.6 cm³/mol. The van der Waals surface area contributed by atoms with Gasteiger partial charge in [0.15, 0.2) is 5.75 Å².